The average Bonchev–Trinajstić information content (AvgIpc) is 3.10. The topological polar surface area (TPSA) is 72.7 Å². The van der Waals surface area contributed by atoms with E-state index in [0.717, 1.165) is 11.8 Å². The highest BCUT2D eigenvalue weighted by molar-refractivity contribution is 5.95. The third-order valence-corrected chi connectivity index (χ3v) is 3.64. The lowest BCUT2D eigenvalue weighted by Crippen LogP contribution is -2.28. The van der Waals surface area contributed by atoms with Gasteiger partial charge in [-0.05, 0) is 30.2 Å². The SMILES string of the molecule is O=C(NCCc1ccc(F)cc1)c1cnn(-c2ncccn2)c1C(F)(F)F. The zero-order chi connectivity index (χ0) is 19.4. The number of hydrogen-bond acceptors (Lipinski definition) is 4. The molecule has 0 saturated heterocycles. The third-order valence-electron chi connectivity index (χ3n) is 3.64. The highest BCUT2D eigenvalue weighted by atomic mass is 19.4. The molecule has 6 nitrogen and oxygen atoms in total. The van der Waals surface area contributed by atoms with Crippen molar-refractivity contribution < 1.29 is 22.4 Å². The molecule has 3 aromatic rings. The number of benzene rings is 1. The normalized spacial score (nSPS) is 11.4. The minimum Gasteiger partial charge on any atom is -0.352 e. The summed E-state index contributed by atoms with van der Waals surface area (Å²) in [6, 6.07) is 7.05. The predicted molar refractivity (Wildman–Crippen MR) is 86.6 cm³/mol. The molecular formula is C17H13F4N5O. The predicted octanol–water partition coefficient (Wildman–Crippen LogP) is 2.79. The minimum atomic E-state index is -4.83. The largest absolute Gasteiger partial charge is 0.434 e. The summed E-state index contributed by atoms with van der Waals surface area (Å²) in [6.45, 7) is 0.0782. The Morgan fingerprint density at radius 1 is 1.11 bits per heavy atom. The van der Waals surface area contributed by atoms with Crippen molar-refractivity contribution in [1.82, 2.24) is 25.1 Å². The highest BCUT2D eigenvalue weighted by Crippen LogP contribution is 2.32. The minimum absolute atomic E-state index is 0.0782. The Balaban J connectivity index is 1.78. The van der Waals surface area contributed by atoms with Gasteiger partial charge in [0.1, 0.15) is 5.82 Å². The van der Waals surface area contributed by atoms with Crippen LogP contribution in [0.2, 0.25) is 0 Å². The number of alkyl halides is 3. The van der Waals surface area contributed by atoms with E-state index in [9.17, 15) is 22.4 Å². The van der Waals surface area contributed by atoms with Crippen molar-refractivity contribution in [3.05, 3.63) is 71.6 Å². The summed E-state index contributed by atoms with van der Waals surface area (Å²) in [7, 11) is 0. The van der Waals surface area contributed by atoms with E-state index in [4.69, 9.17) is 0 Å². The number of rotatable bonds is 5. The number of carbonyl (C=O) groups is 1. The first-order valence-electron chi connectivity index (χ1n) is 7.81. The van der Waals surface area contributed by atoms with Crippen molar-refractivity contribution in [3.63, 3.8) is 0 Å². The lowest BCUT2D eigenvalue weighted by molar-refractivity contribution is -0.143. The maximum atomic E-state index is 13.5. The summed E-state index contributed by atoms with van der Waals surface area (Å²) >= 11 is 0. The van der Waals surface area contributed by atoms with E-state index in [1.54, 1.807) is 0 Å². The lowest BCUT2D eigenvalue weighted by atomic mass is 10.1. The molecule has 140 valence electrons. The summed E-state index contributed by atoms with van der Waals surface area (Å²) in [5, 5.41) is 6.03. The van der Waals surface area contributed by atoms with Crippen LogP contribution in [-0.2, 0) is 12.6 Å². The number of nitrogens with one attached hydrogen (secondary N) is 1. The van der Waals surface area contributed by atoms with E-state index in [2.05, 4.69) is 20.4 Å². The van der Waals surface area contributed by atoms with E-state index in [1.807, 2.05) is 0 Å². The maximum absolute atomic E-state index is 13.5. The highest BCUT2D eigenvalue weighted by Gasteiger charge is 2.41. The summed E-state index contributed by atoms with van der Waals surface area (Å²) < 4.78 is 53.8. The summed E-state index contributed by atoms with van der Waals surface area (Å²) in [4.78, 5) is 19.7. The van der Waals surface area contributed by atoms with Crippen molar-refractivity contribution >= 4 is 5.91 Å². The average molecular weight is 379 g/mol. The van der Waals surface area contributed by atoms with Crippen LogP contribution in [0.25, 0.3) is 5.95 Å². The molecule has 0 aliphatic rings. The smallest absolute Gasteiger partial charge is 0.352 e. The van der Waals surface area contributed by atoms with Crippen molar-refractivity contribution in [2.45, 2.75) is 12.6 Å². The Bertz CT molecular complexity index is 923. The molecule has 0 unspecified atom stereocenters. The van der Waals surface area contributed by atoms with E-state index < -0.39 is 29.2 Å². The zero-order valence-corrected chi connectivity index (χ0v) is 13.7. The van der Waals surface area contributed by atoms with Crippen LogP contribution in [0.15, 0.2) is 48.9 Å². The van der Waals surface area contributed by atoms with E-state index in [-0.39, 0.29) is 12.5 Å². The van der Waals surface area contributed by atoms with Gasteiger partial charge in [-0.3, -0.25) is 4.79 Å². The van der Waals surface area contributed by atoms with Gasteiger partial charge in [-0.25, -0.2) is 14.4 Å². The number of amides is 1. The van der Waals surface area contributed by atoms with Crippen LogP contribution in [0.5, 0.6) is 0 Å². The first kappa shape index (κ1) is 18.5. The Hall–Kier alpha value is -3.30. The van der Waals surface area contributed by atoms with Gasteiger partial charge in [0, 0.05) is 18.9 Å². The fraction of sp³-hybridized carbons (Fsp3) is 0.176. The molecule has 0 spiro atoms. The van der Waals surface area contributed by atoms with Crippen molar-refractivity contribution in [3.8, 4) is 5.95 Å². The van der Waals surface area contributed by atoms with E-state index in [1.165, 1.54) is 42.7 Å². The monoisotopic (exact) mass is 379 g/mol. The van der Waals surface area contributed by atoms with Crippen molar-refractivity contribution in [1.29, 1.82) is 0 Å². The summed E-state index contributed by atoms with van der Waals surface area (Å²) in [5.41, 5.74) is -1.15. The molecule has 3 rings (SSSR count). The van der Waals surface area contributed by atoms with Crippen LogP contribution in [-0.4, -0.2) is 32.2 Å². The van der Waals surface area contributed by atoms with Crippen molar-refractivity contribution in [2.75, 3.05) is 6.54 Å². The van der Waals surface area contributed by atoms with Crippen LogP contribution >= 0.6 is 0 Å². The molecule has 1 N–H and O–H groups in total. The van der Waals surface area contributed by atoms with Crippen LogP contribution in [0.3, 0.4) is 0 Å². The number of carbonyl (C=O) groups excluding carboxylic acids is 1. The zero-order valence-electron chi connectivity index (χ0n) is 13.7. The van der Waals surface area contributed by atoms with Gasteiger partial charge in [-0.1, -0.05) is 12.1 Å². The standard InChI is InChI=1S/C17H13F4N5O/c18-12-4-2-11(3-5-12)6-9-22-15(27)13-10-25-26(14(13)17(19,20)21)16-23-7-1-8-24-16/h1-5,7-8,10H,6,9H2,(H,22,27). The first-order chi connectivity index (χ1) is 12.9. The van der Waals surface area contributed by atoms with E-state index >= 15 is 0 Å². The second-order valence-electron chi connectivity index (χ2n) is 5.50. The molecule has 0 fully saturated rings. The lowest BCUT2D eigenvalue weighted by Gasteiger charge is -2.11. The molecule has 0 saturated carbocycles. The van der Waals surface area contributed by atoms with Gasteiger partial charge in [0.2, 0.25) is 0 Å². The number of halogens is 4. The molecule has 10 heteroatoms. The molecule has 0 radical (unpaired) electrons. The first-order valence-corrected chi connectivity index (χ1v) is 7.81. The van der Waals surface area contributed by atoms with E-state index in [0.29, 0.717) is 11.1 Å². The van der Waals surface area contributed by atoms with Gasteiger partial charge in [0.25, 0.3) is 11.9 Å². The Morgan fingerprint density at radius 2 is 1.78 bits per heavy atom. The van der Waals surface area contributed by atoms with Crippen LogP contribution in [0.1, 0.15) is 21.6 Å². The van der Waals surface area contributed by atoms with Crippen LogP contribution in [0.4, 0.5) is 17.6 Å². The third kappa shape index (κ3) is 4.27. The summed E-state index contributed by atoms with van der Waals surface area (Å²) in [5.74, 6) is -1.62. The van der Waals surface area contributed by atoms with Crippen LogP contribution in [0, 0.1) is 5.82 Å². The molecule has 1 aromatic carbocycles. The fourth-order valence-corrected chi connectivity index (χ4v) is 2.41. The number of aromatic nitrogens is 4. The molecule has 2 aromatic heterocycles. The molecule has 27 heavy (non-hydrogen) atoms. The van der Waals surface area contributed by atoms with Gasteiger partial charge in [-0.2, -0.15) is 23.0 Å². The molecule has 2 heterocycles. The Kier molecular flexibility index (Phi) is 5.15. The van der Waals surface area contributed by atoms with Gasteiger partial charge in [0.05, 0.1) is 11.8 Å². The number of nitrogens with zero attached hydrogens (tertiary/aromatic N) is 4. The molecule has 1 amide bonds. The maximum Gasteiger partial charge on any atom is 0.434 e. The Morgan fingerprint density at radius 3 is 2.41 bits per heavy atom. The molecular weight excluding hydrogens is 366 g/mol. The molecule has 0 aliphatic carbocycles. The van der Waals surface area contributed by atoms with Gasteiger partial charge < -0.3 is 5.32 Å². The second-order valence-corrected chi connectivity index (χ2v) is 5.50. The second kappa shape index (κ2) is 7.52. The Labute approximate surface area is 150 Å². The molecule has 0 aliphatic heterocycles. The molecule has 0 atom stereocenters. The fourth-order valence-electron chi connectivity index (χ4n) is 2.41. The summed E-state index contributed by atoms with van der Waals surface area (Å²) in [6.07, 6.45) is -1.13. The van der Waals surface area contributed by atoms with Gasteiger partial charge >= 0.3 is 6.18 Å². The quantitative estimate of drug-likeness (QED) is 0.692. The molecule has 0 bridgehead atoms. The van der Waals surface area contributed by atoms with Crippen molar-refractivity contribution in [2.24, 2.45) is 0 Å². The van der Waals surface area contributed by atoms with Crippen LogP contribution < -0.4 is 5.32 Å². The van der Waals surface area contributed by atoms with Gasteiger partial charge in [0.15, 0.2) is 5.69 Å². The number of hydrogen-bond donors (Lipinski definition) is 1. The van der Waals surface area contributed by atoms with Gasteiger partial charge in [-0.15, -0.1) is 0 Å².